The number of hydrogen-bond donors (Lipinski definition) is 1. The summed E-state index contributed by atoms with van der Waals surface area (Å²) in [4.78, 5) is 27.4. The van der Waals surface area contributed by atoms with E-state index in [1.165, 1.54) is 5.56 Å². The third-order valence-electron chi connectivity index (χ3n) is 6.51. The fourth-order valence-corrected chi connectivity index (χ4v) is 4.42. The summed E-state index contributed by atoms with van der Waals surface area (Å²) < 4.78 is 11.6. The van der Waals surface area contributed by atoms with Crippen LogP contribution >= 0.6 is 0 Å². The average molecular weight is 449 g/mol. The van der Waals surface area contributed by atoms with E-state index in [-0.39, 0.29) is 17.6 Å². The molecule has 1 saturated heterocycles. The van der Waals surface area contributed by atoms with Gasteiger partial charge in [0.05, 0.1) is 5.39 Å². The molecule has 1 N–H and O–H groups in total. The molecule has 1 atom stereocenters. The van der Waals surface area contributed by atoms with Gasteiger partial charge in [0.2, 0.25) is 0 Å². The van der Waals surface area contributed by atoms with Gasteiger partial charge in [0, 0.05) is 31.2 Å². The zero-order chi connectivity index (χ0) is 23.5. The van der Waals surface area contributed by atoms with Crippen LogP contribution in [0.2, 0.25) is 0 Å². The van der Waals surface area contributed by atoms with Crippen LogP contribution in [0, 0.1) is 20.8 Å². The third-order valence-corrected chi connectivity index (χ3v) is 6.51. The fourth-order valence-electron chi connectivity index (χ4n) is 4.42. The molecular weight excluding hydrogens is 416 g/mol. The maximum absolute atomic E-state index is 12.9. The largest absolute Gasteiger partial charge is 0.480 e. The van der Waals surface area contributed by atoms with Crippen LogP contribution in [0.1, 0.15) is 42.0 Å². The Morgan fingerprint density at radius 1 is 1.12 bits per heavy atom. The number of rotatable bonds is 6. The molecule has 33 heavy (non-hydrogen) atoms. The van der Waals surface area contributed by atoms with Gasteiger partial charge in [0.25, 0.3) is 5.91 Å². The molecule has 0 aliphatic carbocycles. The van der Waals surface area contributed by atoms with Crippen molar-refractivity contribution in [3.63, 3.8) is 0 Å². The molecule has 0 bridgehead atoms. The van der Waals surface area contributed by atoms with Crippen LogP contribution in [-0.4, -0.2) is 36.0 Å². The van der Waals surface area contributed by atoms with Crippen LogP contribution in [0.3, 0.4) is 0 Å². The number of fused-ring (bicyclic) bond motifs is 1. The van der Waals surface area contributed by atoms with Gasteiger partial charge in [-0.05, 0) is 69.4 Å². The molecule has 2 aromatic carbocycles. The molecule has 1 fully saturated rings. The molecule has 1 aliphatic heterocycles. The summed E-state index contributed by atoms with van der Waals surface area (Å²) in [6.45, 7) is 10.1. The van der Waals surface area contributed by atoms with Crippen LogP contribution in [-0.2, 0) is 11.3 Å². The van der Waals surface area contributed by atoms with Crippen LogP contribution in [0.4, 0.5) is 0 Å². The Morgan fingerprint density at radius 2 is 1.82 bits per heavy atom. The van der Waals surface area contributed by atoms with Crippen molar-refractivity contribution < 1.29 is 13.9 Å². The number of carbonyl (C=O) groups excluding carboxylic acids is 1. The van der Waals surface area contributed by atoms with E-state index in [0.29, 0.717) is 16.9 Å². The molecule has 1 aromatic heterocycles. The molecule has 174 valence electrons. The van der Waals surface area contributed by atoms with E-state index in [0.717, 1.165) is 49.0 Å². The molecule has 6 heteroatoms. The highest BCUT2D eigenvalue weighted by Crippen LogP contribution is 2.31. The molecular formula is C27H32N2O4. The normalized spacial score (nSPS) is 16.0. The fraction of sp³-hybridized carbons (Fsp3) is 0.407. The molecule has 1 aliphatic rings. The second-order valence-electron chi connectivity index (χ2n) is 9.08. The second-order valence-corrected chi connectivity index (χ2v) is 9.08. The van der Waals surface area contributed by atoms with E-state index >= 15 is 0 Å². The first-order valence-corrected chi connectivity index (χ1v) is 11.6. The van der Waals surface area contributed by atoms with Crippen molar-refractivity contribution >= 4 is 16.9 Å². The van der Waals surface area contributed by atoms with E-state index in [4.69, 9.17) is 9.15 Å². The molecule has 2 heterocycles. The van der Waals surface area contributed by atoms with Crippen molar-refractivity contribution in [1.29, 1.82) is 0 Å². The average Bonchev–Trinajstić information content (AvgIpc) is 2.79. The summed E-state index contributed by atoms with van der Waals surface area (Å²) in [5, 5.41) is 3.90. The molecule has 4 rings (SSSR count). The van der Waals surface area contributed by atoms with E-state index < -0.39 is 6.10 Å². The van der Waals surface area contributed by atoms with Gasteiger partial charge in [-0.3, -0.25) is 9.69 Å². The molecule has 0 saturated carbocycles. The van der Waals surface area contributed by atoms with E-state index in [9.17, 15) is 9.59 Å². The van der Waals surface area contributed by atoms with Gasteiger partial charge in [0.1, 0.15) is 11.3 Å². The highest BCUT2D eigenvalue weighted by atomic mass is 16.5. The number of nitrogens with zero attached hydrogens (tertiary/aromatic N) is 1. The van der Waals surface area contributed by atoms with Crippen molar-refractivity contribution in [2.24, 2.45) is 0 Å². The third kappa shape index (κ3) is 5.28. The van der Waals surface area contributed by atoms with Crippen molar-refractivity contribution in [1.82, 2.24) is 10.2 Å². The van der Waals surface area contributed by atoms with Crippen LogP contribution < -0.4 is 15.7 Å². The number of hydrogen-bond acceptors (Lipinski definition) is 5. The quantitative estimate of drug-likeness (QED) is 0.571. The monoisotopic (exact) mass is 448 g/mol. The van der Waals surface area contributed by atoms with Gasteiger partial charge >= 0.3 is 5.63 Å². The number of aryl methyl sites for hydroxylation is 2. The number of nitrogens with one attached hydrogen (secondary N) is 1. The molecule has 0 unspecified atom stereocenters. The highest BCUT2D eigenvalue weighted by Gasteiger charge is 2.24. The Morgan fingerprint density at radius 3 is 2.52 bits per heavy atom. The van der Waals surface area contributed by atoms with E-state index in [1.807, 2.05) is 32.0 Å². The smallest absolute Gasteiger partial charge is 0.339 e. The summed E-state index contributed by atoms with van der Waals surface area (Å²) in [7, 11) is 0. The molecule has 0 radical (unpaired) electrons. The lowest BCUT2D eigenvalue weighted by molar-refractivity contribution is -0.128. The molecule has 0 spiro atoms. The number of ether oxygens (including phenoxy) is 1. The van der Waals surface area contributed by atoms with Gasteiger partial charge in [-0.15, -0.1) is 0 Å². The first-order chi connectivity index (χ1) is 15.8. The molecule has 6 nitrogen and oxygen atoms in total. The summed E-state index contributed by atoms with van der Waals surface area (Å²) in [5.41, 5.74) is 3.72. The number of piperidine rings is 1. The standard InChI is InChI=1S/C27H32N2O4/c1-17-14-23(25-18(2)19(3)27(31)33-24(25)15-17)32-20(4)26(30)28-22-10-12-29(13-11-22)16-21-8-6-5-7-9-21/h5-9,14-15,20,22H,10-13,16H2,1-4H3,(H,28,30)/t20-/m1/s1. The Hall–Kier alpha value is -3.12. The minimum Gasteiger partial charge on any atom is -0.480 e. The van der Waals surface area contributed by atoms with Crippen molar-refractivity contribution in [2.45, 2.75) is 59.2 Å². The predicted octanol–water partition coefficient (Wildman–Crippen LogP) is 4.27. The predicted molar refractivity (Wildman–Crippen MR) is 130 cm³/mol. The Bertz CT molecular complexity index is 1190. The highest BCUT2D eigenvalue weighted by molar-refractivity contribution is 5.89. The molecule has 3 aromatic rings. The van der Waals surface area contributed by atoms with Crippen LogP contribution in [0.5, 0.6) is 5.75 Å². The lowest BCUT2D eigenvalue weighted by atomic mass is 10.0. The zero-order valence-electron chi connectivity index (χ0n) is 19.8. The van der Waals surface area contributed by atoms with Crippen molar-refractivity contribution in [3.05, 3.63) is 75.1 Å². The van der Waals surface area contributed by atoms with Gasteiger partial charge < -0.3 is 14.5 Å². The van der Waals surface area contributed by atoms with Gasteiger partial charge in [-0.2, -0.15) is 0 Å². The number of benzene rings is 2. The summed E-state index contributed by atoms with van der Waals surface area (Å²) in [5.74, 6) is 0.438. The maximum atomic E-state index is 12.9. The lowest BCUT2D eigenvalue weighted by Crippen LogP contribution is -2.47. The number of likely N-dealkylation sites (tertiary alicyclic amines) is 1. The van der Waals surface area contributed by atoms with Crippen molar-refractivity contribution in [3.8, 4) is 5.75 Å². The minimum atomic E-state index is -0.663. The molecule has 1 amide bonds. The van der Waals surface area contributed by atoms with Crippen LogP contribution in [0.15, 0.2) is 51.7 Å². The van der Waals surface area contributed by atoms with Gasteiger partial charge in [-0.25, -0.2) is 4.79 Å². The minimum absolute atomic E-state index is 0.127. The Labute approximate surface area is 194 Å². The summed E-state index contributed by atoms with van der Waals surface area (Å²) in [6.07, 6.45) is 1.17. The second kappa shape index (κ2) is 9.79. The lowest BCUT2D eigenvalue weighted by Gasteiger charge is -2.33. The number of amides is 1. The van der Waals surface area contributed by atoms with Crippen LogP contribution in [0.25, 0.3) is 11.0 Å². The Balaban J connectivity index is 1.38. The summed E-state index contributed by atoms with van der Waals surface area (Å²) in [6, 6.07) is 14.3. The van der Waals surface area contributed by atoms with Gasteiger partial charge in [-0.1, -0.05) is 30.3 Å². The summed E-state index contributed by atoms with van der Waals surface area (Å²) >= 11 is 0. The van der Waals surface area contributed by atoms with Gasteiger partial charge in [0.15, 0.2) is 6.10 Å². The maximum Gasteiger partial charge on any atom is 0.339 e. The SMILES string of the molecule is Cc1cc(O[C@H](C)C(=O)NC2CCN(Cc3ccccc3)CC2)c2c(C)c(C)c(=O)oc2c1. The first kappa shape index (κ1) is 23.1. The zero-order valence-corrected chi connectivity index (χ0v) is 19.8. The topological polar surface area (TPSA) is 71.8 Å². The Kier molecular flexibility index (Phi) is 6.84. The van der Waals surface area contributed by atoms with Crippen molar-refractivity contribution in [2.75, 3.05) is 13.1 Å². The van der Waals surface area contributed by atoms with E-state index in [2.05, 4.69) is 34.5 Å². The first-order valence-electron chi connectivity index (χ1n) is 11.6. The van der Waals surface area contributed by atoms with E-state index in [1.54, 1.807) is 13.8 Å². The number of carbonyl (C=O) groups is 1.